The van der Waals surface area contributed by atoms with Crippen molar-refractivity contribution >= 4 is 39.5 Å². The Kier molecular flexibility index (Phi) is 6.89. The first-order valence-electron chi connectivity index (χ1n) is 9.67. The molecule has 0 bridgehead atoms. The van der Waals surface area contributed by atoms with Crippen LogP contribution >= 0.6 is 0 Å². The van der Waals surface area contributed by atoms with Gasteiger partial charge in [-0.1, -0.05) is 24.3 Å². The van der Waals surface area contributed by atoms with Gasteiger partial charge in [-0.15, -0.1) is 0 Å². The monoisotopic (exact) mass is 458 g/mol. The highest BCUT2D eigenvalue weighted by molar-refractivity contribution is 7.90. The van der Waals surface area contributed by atoms with Crippen LogP contribution in [0.4, 0.5) is 10.5 Å². The van der Waals surface area contributed by atoms with E-state index in [-0.39, 0.29) is 23.7 Å². The molecule has 0 fully saturated rings. The third-order valence-electron chi connectivity index (χ3n) is 4.72. The Bertz CT molecular complexity index is 1210. The number of imide groups is 1. The van der Waals surface area contributed by atoms with Gasteiger partial charge in [-0.2, -0.15) is 0 Å². The Morgan fingerprint density at radius 1 is 1.06 bits per heavy atom. The number of hydrogen-bond donors (Lipinski definition) is 3. The number of rotatable bonds is 6. The lowest BCUT2D eigenvalue weighted by atomic mass is 10.1. The van der Waals surface area contributed by atoms with Crippen molar-refractivity contribution < 1.29 is 27.5 Å². The summed E-state index contributed by atoms with van der Waals surface area (Å²) in [7, 11) is -3.65. The number of urea groups is 1. The van der Waals surface area contributed by atoms with Crippen LogP contribution in [0.5, 0.6) is 0 Å². The van der Waals surface area contributed by atoms with Crippen molar-refractivity contribution in [3.05, 3.63) is 59.2 Å². The normalized spacial score (nSPS) is 14.9. The summed E-state index contributed by atoms with van der Waals surface area (Å²) in [6, 6.07) is 11.0. The van der Waals surface area contributed by atoms with E-state index in [1.807, 2.05) is 19.9 Å². The maximum atomic E-state index is 12.0. The smallest absolute Gasteiger partial charge is 0.325 e. The number of fused-ring (bicyclic) bond motifs is 1. The van der Waals surface area contributed by atoms with Gasteiger partial charge in [-0.25, -0.2) is 13.2 Å². The first-order valence-corrected chi connectivity index (χ1v) is 11.1. The van der Waals surface area contributed by atoms with Gasteiger partial charge in [0.25, 0.3) is 15.9 Å². The number of nitrogens with one attached hydrogen (secondary N) is 3. The van der Waals surface area contributed by atoms with Crippen molar-refractivity contribution in [2.45, 2.75) is 25.2 Å². The second-order valence-electron chi connectivity index (χ2n) is 6.99. The molecule has 3 N–H and O–H groups in total. The fourth-order valence-corrected chi connectivity index (χ4v) is 4.18. The zero-order valence-electron chi connectivity index (χ0n) is 17.5. The number of hydrogen-bond acceptors (Lipinski definition) is 7. The molecule has 1 aliphatic rings. The number of aryl methyl sites for hydroxylation is 1. The van der Waals surface area contributed by atoms with E-state index in [0.717, 1.165) is 11.1 Å². The molecule has 0 saturated heterocycles. The summed E-state index contributed by atoms with van der Waals surface area (Å²) in [5.41, 5.74) is 2.85. The summed E-state index contributed by atoms with van der Waals surface area (Å²) < 4.78 is 31.2. The van der Waals surface area contributed by atoms with E-state index in [4.69, 9.17) is 4.74 Å². The Balaban J connectivity index is 1.43. The average molecular weight is 458 g/mol. The van der Waals surface area contributed by atoms with Crippen molar-refractivity contribution in [1.29, 1.82) is 0 Å². The lowest BCUT2D eigenvalue weighted by molar-refractivity contribution is -0.148. The average Bonchev–Trinajstić information content (AvgIpc) is 3.00. The van der Waals surface area contributed by atoms with Gasteiger partial charge in [0.2, 0.25) is 0 Å². The molecule has 1 heterocycles. The first-order chi connectivity index (χ1) is 15.2. The Labute approximate surface area is 185 Å². The minimum Gasteiger partial charge on any atom is -0.456 e. The van der Waals surface area contributed by atoms with Crippen LogP contribution in [-0.4, -0.2) is 45.3 Å². The number of carbonyl (C=O) groups is 3. The SMILES string of the molecule is Cc1cccc(NC(=O)NC(=O)COC(=O)CCN=C2NS(=O)(=O)c3ccccc32)c1C. The Hall–Kier alpha value is -3.73. The number of esters is 1. The highest BCUT2D eigenvalue weighted by atomic mass is 32.2. The molecule has 0 radical (unpaired) electrons. The molecule has 3 rings (SSSR count). The molecule has 0 saturated carbocycles. The second kappa shape index (κ2) is 9.60. The van der Waals surface area contributed by atoms with Crippen LogP contribution in [0, 0.1) is 13.8 Å². The largest absolute Gasteiger partial charge is 0.456 e. The summed E-state index contributed by atoms with van der Waals surface area (Å²) in [5, 5.41) is 4.65. The molecule has 0 unspecified atom stereocenters. The third-order valence-corrected chi connectivity index (χ3v) is 6.12. The van der Waals surface area contributed by atoms with E-state index < -0.39 is 34.5 Å². The quantitative estimate of drug-likeness (QED) is 0.562. The molecule has 2 aromatic carbocycles. The van der Waals surface area contributed by atoms with Crippen molar-refractivity contribution in [2.75, 3.05) is 18.5 Å². The maximum Gasteiger partial charge on any atom is 0.325 e. The van der Waals surface area contributed by atoms with Gasteiger partial charge in [-0.05, 0) is 43.2 Å². The van der Waals surface area contributed by atoms with Crippen LogP contribution in [0.1, 0.15) is 23.1 Å². The Morgan fingerprint density at radius 3 is 2.59 bits per heavy atom. The van der Waals surface area contributed by atoms with Crippen molar-refractivity contribution in [3.8, 4) is 0 Å². The molecule has 32 heavy (non-hydrogen) atoms. The Morgan fingerprint density at radius 2 is 1.81 bits per heavy atom. The van der Waals surface area contributed by atoms with E-state index in [2.05, 4.69) is 20.3 Å². The van der Waals surface area contributed by atoms with E-state index in [0.29, 0.717) is 11.3 Å². The highest BCUT2D eigenvalue weighted by Gasteiger charge is 2.30. The summed E-state index contributed by atoms with van der Waals surface area (Å²) in [6.07, 6.45) is -0.171. The summed E-state index contributed by atoms with van der Waals surface area (Å²) in [4.78, 5) is 39.8. The lowest BCUT2D eigenvalue weighted by Crippen LogP contribution is -2.37. The van der Waals surface area contributed by atoms with E-state index in [9.17, 15) is 22.8 Å². The molecular formula is C21H22N4O6S. The van der Waals surface area contributed by atoms with E-state index >= 15 is 0 Å². The number of aliphatic imine (C=N–C) groups is 1. The van der Waals surface area contributed by atoms with Gasteiger partial charge in [0.05, 0.1) is 17.9 Å². The zero-order valence-corrected chi connectivity index (χ0v) is 18.3. The predicted molar refractivity (Wildman–Crippen MR) is 117 cm³/mol. The molecule has 0 aliphatic carbocycles. The van der Waals surface area contributed by atoms with Crippen LogP contribution < -0.4 is 15.4 Å². The number of sulfonamides is 1. The van der Waals surface area contributed by atoms with Crippen molar-refractivity contribution in [2.24, 2.45) is 4.99 Å². The fourth-order valence-electron chi connectivity index (χ4n) is 2.93. The number of amides is 3. The number of benzene rings is 2. The van der Waals surface area contributed by atoms with Crippen LogP contribution in [0.3, 0.4) is 0 Å². The van der Waals surface area contributed by atoms with Gasteiger partial charge < -0.3 is 10.1 Å². The predicted octanol–water partition coefficient (Wildman–Crippen LogP) is 1.62. The van der Waals surface area contributed by atoms with Gasteiger partial charge in [0.15, 0.2) is 6.61 Å². The molecular weight excluding hydrogens is 436 g/mol. The van der Waals surface area contributed by atoms with Crippen molar-refractivity contribution in [1.82, 2.24) is 10.0 Å². The number of ether oxygens (including phenoxy) is 1. The molecule has 10 nitrogen and oxygen atoms in total. The molecule has 0 aromatic heterocycles. The van der Waals surface area contributed by atoms with E-state index in [1.165, 1.54) is 6.07 Å². The lowest BCUT2D eigenvalue weighted by Gasteiger charge is -2.11. The van der Waals surface area contributed by atoms with Gasteiger partial charge in [0, 0.05) is 11.3 Å². The molecule has 3 amide bonds. The zero-order chi connectivity index (χ0) is 23.3. The van der Waals surface area contributed by atoms with Gasteiger partial charge in [-0.3, -0.25) is 24.6 Å². The first kappa shape index (κ1) is 22.9. The number of anilines is 1. The molecule has 1 aliphatic heterocycles. The number of carbonyl (C=O) groups excluding carboxylic acids is 3. The molecule has 0 atom stereocenters. The minimum absolute atomic E-state index is 0.0419. The van der Waals surface area contributed by atoms with Crippen LogP contribution in [-0.2, 0) is 24.3 Å². The minimum atomic E-state index is -3.65. The van der Waals surface area contributed by atoms with Crippen LogP contribution in [0.15, 0.2) is 52.4 Å². The van der Waals surface area contributed by atoms with Crippen molar-refractivity contribution in [3.63, 3.8) is 0 Å². The number of amidine groups is 1. The maximum absolute atomic E-state index is 12.0. The topological polar surface area (TPSA) is 143 Å². The second-order valence-corrected chi connectivity index (χ2v) is 8.64. The van der Waals surface area contributed by atoms with Gasteiger partial charge in [0.1, 0.15) is 5.84 Å². The van der Waals surface area contributed by atoms with E-state index in [1.54, 1.807) is 30.3 Å². The molecule has 0 spiro atoms. The number of nitrogens with zero attached hydrogens (tertiary/aromatic N) is 1. The van der Waals surface area contributed by atoms with Crippen LogP contribution in [0.25, 0.3) is 0 Å². The molecule has 11 heteroatoms. The fraction of sp³-hybridized carbons (Fsp3) is 0.238. The summed E-state index contributed by atoms with van der Waals surface area (Å²) in [5.74, 6) is -1.35. The van der Waals surface area contributed by atoms with Crippen LogP contribution in [0.2, 0.25) is 0 Å². The molecule has 168 valence electrons. The third kappa shape index (κ3) is 5.49. The molecule has 2 aromatic rings. The standard InChI is InChI=1S/C21H22N4O6S/c1-13-6-5-8-16(14(13)2)23-21(28)24-18(26)12-31-19(27)10-11-22-20-15-7-3-4-9-17(15)32(29,30)25-20/h3-9H,10-12H2,1-2H3,(H,22,25)(H2,23,24,26,28). The summed E-state index contributed by atoms with van der Waals surface area (Å²) in [6.45, 7) is 3.06. The summed E-state index contributed by atoms with van der Waals surface area (Å²) >= 11 is 0. The highest BCUT2D eigenvalue weighted by Crippen LogP contribution is 2.22. The van der Waals surface area contributed by atoms with Gasteiger partial charge >= 0.3 is 12.0 Å².